The van der Waals surface area contributed by atoms with E-state index in [2.05, 4.69) is 5.32 Å². The maximum Gasteiger partial charge on any atom is 0.317 e. The summed E-state index contributed by atoms with van der Waals surface area (Å²) in [6, 6.07) is 6.93. The van der Waals surface area contributed by atoms with E-state index in [9.17, 15) is 9.59 Å². The summed E-state index contributed by atoms with van der Waals surface area (Å²) in [6.07, 6.45) is 1.70. The van der Waals surface area contributed by atoms with E-state index in [-0.39, 0.29) is 11.9 Å². The molecule has 1 saturated heterocycles. The van der Waals surface area contributed by atoms with E-state index >= 15 is 0 Å². The first-order valence-electron chi connectivity index (χ1n) is 7.69. The van der Waals surface area contributed by atoms with E-state index in [0.717, 1.165) is 12.8 Å². The van der Waals surface area contributed by atoms with Crippen molar-refractivity contribution in [2.75, 3.05) is 32.7 Å². The number of nitrogens with one attached hydrogen (secondary N) is 1. The van der Waals surface area contributed by atoms with Gasteiger partial charge in [0.2, 0.25) is 0 Å². The lowest BCUT2D eigenvalue weighted by Crippen LogP contribution is -2.42. The molecule has 0 aromatic heterocycles. The monoisotopic (exact) mass is 323 g/mol. The number of benzene rings is 1. The van der Waals surface area contributed by atoms with E-state index in [1.807, 2.05) is 6.92 Å². The Hall–Kier alpha value is -1.75. The van der Waals surface area contributed by atoms with Crippen LogP contribution in [0.5, 0.6) is 0 Å². The van der Waals surface area contributed by atoms with Crippen molar-refractivity contribution < 1.29 is 9.59 Å². The molecule has 1 aliphatic rings. The van der Waals surface area contributed by atoms with Crippen LogP contribution < -0.4 is 5.32 Å². The summed E-state index contributed by atoms with van der Waals surface area (Å²) in [5, 5.41) is 3.44. The molecule has 0 bridgehead atoms. The van der Waals surface area contributed by atoms with Crippen molar-refractivity contribution in [2.24, 2.45) is 0 Å². The minimum absolute atomic E-state index is 0.0293. The number of hydrogen-bond acceptors (Lipinski definition) is 2. The van der Waals surface area contributed by atoms with Gasteiger partial charge < -0.3 is 15.1 Å². The van der Waals surface area contributed by atoms with Crippen molar-refractivity contribution >= 4 is 23.5 Å². The number of rotatable bonds is 3. The van der Waals surface area contributed by atoms with Crippen LogP contribution in [0.15, 0.2) is 24.3 Å². The maximum absolute atomic E-state index is 12.5. The quantitative estimate of drug-likeness (QED) is 0.929. The molecule has 0 spiro atoms. The van der Waals surface area contributed by atoms with Gasteiger partial charge in [0.15, 0.2) is 0 Å². The van der Waals surface area contributed by atoms with Gasteiger partial charge in [0, 0.05) is 43.3 Å². The molecule has 1 N–H and O–H groups in total. The number of urea groups is 1. The van der Waals surface area contributed by atoms with Gasteiger partial charge in [-0.1, -0.05) is 24.6 Å². The lowest BCUT2D eigenvalue weighted by molar-refractivity contribution is 0.0762. The fraction of sp³-hybridized carbons (Fsp3) is 0.500. The first-order chi connectivity index (χ1) is 10.6. The Labute approximate surface area is 136 Å². The van der Waals surface area contributed by atoms with Gasteiger partial charge in [-0.3, -0.25) is 4.79 Å². The van der Waals surface area contributed by atoms with Gasteiger partial charge >= 0.3 is 6.03 Å². The van der Waals surface area contributed by atoms with Crippen LogP contribution in [0.1, 0.15) is 30.1 Å². The van der Waals surface area contributed by atoms with Crippen LogP contribution in [-0.4, -0.2) is 54.5 Å². The highest BCUT2D eigenvalue weighted by atomic mass is 35.5. The van der Waals surface area contributed by atoms with E-state index < -0.39 is 0 Å². The average molecular weight is 324 g/mol. The normalized spacial score (nSPS) is 15.4. The van der Waals surface area contributed by atoms with Gasteiger partial charge in [-0.05, 0) is 31.0 Å². The molecule has 120 valence electrons. The Kier molecular flexibility index (Phi) is 6.07. The van der Waals surface area contributed by atoms with Crippen LogP contribution in [0.4, 0.5) is 4.79 Å². The summed E-state index contributed by atoms with van der Waals surface area (Å²) in [5.74, 6) is -0.0293. The summed E-state index contributed by atoms with van der Waals surface area (Å²) >= 11 is 5.94. The zero-order valence-electron chi connectivity index (χ0n) is 12.8. The Balaban J connectivity index is 1.95. The van der Waals surface area contributed by atoms with Crippen LogP contribution in [-0.2, 0) is 0 Å². The van der Waals surface area contributed by atoms with E-state index in [4.69, 9.17) is 11.6 Å². The van der Waals surface area contributed by atoms with E-state index in [0.29, 0.717) is 43.3 Å². The molecule has 6 heteroatoms. The fourth-order valence-electron chi connectivity index (χ4n) is 2.47. The largest absolute Gasteiger partial charge is 0.338 e. The van der Waals surface area contributed by atoms with Gasteiger partial charge in [0.05, 0.1) is 0 Å². The van der Waals surface area contributed by atoms with Crippen LogP contribution in [0, 0.1) is 0 Å². The molecule has 1 fully saturated rings. The van der Waals surface area contributed by atoms with Crippen molar-refractivity contribution in [3.8, 4) is 0 Å². The Morgan fingerprint density at radius 2 is 1.91 bits per heavy atom. The van der Waals surface area contributed by atoms with Crippen molar-refractivity contribution in [2.45, 2.75) is 19.8 Å². The highest BCUT2D eigenvalue weighted by Crippen LogP contribution is 2.14. The molecular weight excluding hydrogens is 302 g/mol. The number of nitrogens with zero attached hydrogens (tertiary/aromatic N) is 2. The molecule has 0 atom stereocenters. The Morgan fingerprint density at radius 3 is 2.64 bits per heavy atom. The van der Waals surface area contributed by atoms with Crippen LogP contribution in [0.25, 0.3) is 0 Å². The first kappa shape index (κ1) is 16.6. The van der Waals surface area contributed by atoms with Gasteiger partial charge in [0.1, 0.15) is 0 Å². The molecular formula is C16H22ClN3O2. The van der Waals surface area contributed by atoms with Gasteiger partial charge in [-0.25, -0.2) is 4.79 Å². The topological polar surface area (TPSA) is 52.7 Å². The molecule has 2 rings (SSSR count). The maximum atomic E-state index is 12.5. The van der Waals surface area contributed by atoms with Gasteiger partial charge in [-0.2, -0.15) is 0 Å². The molecule has 0 saturated carbocycles. The molecule has 1 aromatic carbocycles. The summed E-state index contributed by atoms with van der Waals surface area (Å²) in [5.41, 5.74) is 0.594. The van der Waals surface area contributed by atoms with Gasteiger partial charge in [-0.15, -0.1) is 0 Å². The second kappa shape index (κ2) is 8.03. The van der Waals surface area contributed by atoms with Crippen molar-refractivity contribution in [1.82, 2.24) is 15.1 Å². The molecule has 0 aliphatic carbocycles. The molecule has 1 aliphatic heterocycles. The molecule has 0 radical (unpaired) electrons. The van der Waals surface area contributed by atoms with E-state index in [1.165, 1.54) is 0 Å². The standard InChI is InChI=1S/C16H22ClN3O2/c1-2-7-18-16(22)20-9-4-8-19(10-11-20)15(21)13-5-3-6-14(17)12-13/h3,5-6,12H,2,4,7-11H2,1H3,(H,18,22). The number of halogens is 1. The number of amides is 3. The summed E-state index contributed by atoms with van der Waals surface area (Å²) in [4.78, 5) is 28.1. The fourth-order valence-corrected chi connectivity index (χ4v) is 2.66. The highest BCUT2D eigenvalue weighted by Gasteiger charge is 2.22. The lowest BCUT2D eigenvalue weighted by Gasteiger charge is -2.22. The average Bonchev–Trinajstić information content (AvgIpc) is 2.78. The highest BCUT2D eigenvalue weighted by molar-refractivity contribution is 6.30. The third kappa shape index (κ3) is 4.37. The lowest BCUT2D eigenvalue weighted by atomic mass is 10.2. The third-order valence-corrected chi connectivity index (χ3v) is 3.90. The summed E-state index contributed by atoms with van der Waals surface area (Å²) < 4.78 is 0. The third-order valence-electron chi connectivity index (χ3n) is 3.67. The number of hydrogen-bond donors (Lipinski definition) is 1. The molecule has 1 aromatic rings. The SMILES string of the molecule is CCCNC(=O)N1CCCN(C(=O)c2cccc(Cl)c2)CC1. The zero-order valence-corrected chi connectivity index (χ0v) is 13.6. The minimum atomic E-state index is -0.0427. The predicted octanol–water partition coefficient (Wildman–Crippen LogP) is 2.61. The Bertz CT molecular complexity index is 536. The molecule has 22 heavy (non-hydrogen) atoms. The van der Waals surface area contributed by atoms with E-state index in [1.54, 1.807) is 34.1 Å². The number of carbonyl (C=O) groups is 2. The molecule has 1 heterocycles. The van der Waals surface area contributed by atoms with Crippen molar-refractivity contribution in [3.63, 3.8) is 0 Å². The van der Waals surface area contributed by atoms with Crippen LogP contribution >= 0.6 is 11.6 Å². The predicted molar refractivity (Wildman–Crippen MR) is 87.2 cm³/mol. The van der Waals surface area contributed by atoms with Crippen LogP contribution in [0.3, 0.4) is 0 Å². The van der Waals surface area contributed by atoms with Crippen molar-refractivity contribution in [3.05, 3.63) is 34.9 Å². The second-order valence-corrected chi connectivity index (χ2v) is 5.81. The van der Waals surface area contributed by atoms with Crippen LogP contribution in [0.2, 0.25) is 5.02 Å². The van der Waals surface area contributed by atoms with Gasteiger partial charge in [0.25, 0.3) is 5.91 Å². The number of carbonyl (C=O) groups excluding carboxylic acids is 2. The van der Waals surface area contributed by atoms with Crippen molar-refractivity contribution in [1.29, 1.82) is 0 Å². The summed E-state index contributed by atoms with van der Waals surface area (Å²) in [7, 11) is 0. The zero-order chi connectivity index (χ0) is 15.9. The molecule has 0 unspecified atom stereocenters. The molecule has 3 amide bonds. The smallest absolute Gasteiger partial charge is 0.317 e. The first-order valence-corrected chi connectivity index (χ1v) is 8.07. The Morgan fingerprint density at radius 1 is 1.18 bits per heavy atom. The molecule has 5 nitrogen and oxygen atoms in total. The summed E-state index contributed by atoms with van der Waals surface area (Å²) in [6.45, 7) is 5.14. The second-order valence-electron chi connectivity index (χ2n) is 5.38. The minimum Gasteiger partial charge on any atom is -0.338 e.